The van der Waals surface area contributed by atoms with E-state index in [9.17, 15) is 17.6 Å². The van der Waals surface area contributed by atoms with Crippen LogP contribution in [0.2, 0.25) is 0 Å². The van der Waals surface area contributed by atoms with Crippen molar-refractivity contribution in [2.75, 3.05) is 11.9 Å². The number of carbonyl (C=O) groups excluding carboxylic acids is 1. The van der Waals surface area contributed by atoms with Gasteiger partial charge in [0.2, 0.25) is 15.9 Å². The zero-order valence-corrected chi connectivity index (χ0v) is 18.3. The molecule has 0 bridgehead atoms. The summed E-state index contributed by atoms with van der Waals surface area (Å²) in [5.74, 6) is -0.248. The first-order chi connectivity index (χ1) is 15.9. The fourth-order valence-electron chi connectivity index (χ4n) is 4.09. The number of amides is 1. The topological polar surface area (TPSA) is 95.2 Å². The summed E-state index contributed by atoms with van der Waals surface area (Å²) in [4.78, 5) is 20.9. The van der Waals surface area contributed by atoms with Crippen LogP contribution in [0.15, 0.2) is 77.7 Å². The number of rotatable bonds is 5. The monoisotopic (exact) mass is 464 g/mol. The second-order valence-corrected chi connectivity index (χ2v) is 9.79. The quantitative estimate of drug-likeness (QED) is 0.464. The van der Waals surface area contributed by atoms with Gasteiger partial charge in [-0.15, -0.1) is 0 Å². The van der Waals surface area contributed by atoms with Crippen molar-refractivity contribution in [3.8, 4) is 11.4 Å². The number of para-hydroxylation sites is 2. The van der Waals surface area contributed by atoms with Crippen LogP contribution in [0.25, 0.3) is 22.4 Å². The minimum atomic E-state index is -3.92. The molecule has 0 radical (unpaired) electrons. The SMILES string of the molecule is O=C(Nc1cccc(-c2nc3ccccc3[nH]2)c1)[C@@H]1CCCN1S(=O)(=O)c1ccc(F)cc1. The third-order valence-corrected chi connectivity index (χ3v) is 7.64. The maximum absolute atomic E-state index is 13.2. The highest BCUT2D eigenvalue weighted by molar-refractivity contribution is 7.89. The Morgan fingerprint density at radius 2 is 1.85 bits per heavy atom. The van der Waals surface area contributed by atoms with Gasteiger partial charge in [-0.25, -0.2) is 17.8 Å². The Labute approximate surface area is 190 Å². The Hall–Kier alpha value is -3.56. The molecule has 7 nitrogen and oxygen atoms in total. The molecule has 168 valence electrons. The average Bonchev–Trinajstić information content (AvgIpc) is 3.47. The van der Waals surface area contributed by atoms with Crippen LogP contribution in [0, 0.1) is 5.82 Å². The molecule has 3 aromatic carbocycles. The summed E-state index contributed by atoms with van der Waals surface area (Å²) in [6.07, 6.45) is 0.979. The summed E-state index contributed by atoms with van der Waals surface area (Å²) in [6, 6.07) is 18.7. The average molecular weight is 465 g/mol. The minimum absolute atomic E-state index is 0.0320. The van der Waals surface area contributed by atoms with E-state index in [4.69, 9.17) is 0 Å². The number of aromatic amines is 1. The molecule has 2 N–H and O–H groups in total. The first-order valence-electron chi connectivity index (χ1n) is 10.6. The molecule has 1 saturated heterocycles. The number of fused-ring (bicyclic) bond motifs is 1. The van der Waals surface area contributed by atoms with Crippen LogP contribution in [0.3, 0.4) is 0 Å². The highest BCUT2D eigenvalue weighted by atomic mass is 32.2. The van der Waals surface area contributed by atoms with Crippen LogP contribution in [0.1, 0.15) is 12.8 Å². The van der Waals surface area contributed by atoms with E-state index in [0.29, 0.717) is 24.4 Å². The van der Waals surface area contributed by atoms with Crippen molar-refractivity contribution in [3.63, 3.8) is 0 Å². The molecule has 4 aromatic rings. The van der Waals surface area contributed by atoms with Gasteiger partial charge in [0.1, 0.15) is 17.7 Å². The Morgan fingerprint density at radius 3 is 2.64 bits per heavy atom. The van der Waals surface area contributed by atoms with E-state index in [1.54, 1.807) is 18.2 Å². The van der Waals surface area contributed by atoms with Gasteiger partial charge in [-0.05, 0) is 61.4 Å². The lowest BCUT2D eigenvalue weighted by Crippen LogP contribution is -2.43. The van der Waals surface area contributed by atoms with E-state index in [2.05, 4.69) is 15.3 Å². The summed E-state index contributed by atoms with van der Waals surface area (Å²) in [5.41, 5.74) is 3.10. The highest BCUT2D eigenvalue weighted by Gasteiger charge is 2.39. The number of nitrogens with one attached hydrogen (secondary N) is 2. The predicted molar refractivity (Wildman–Crippen MR) is 123 cm³/mol. The second-order valence-electron chi connectivity index (χ2n) is 7.90. The van der Waals surface area contributed by atoms with Crippen LogP contribution < -0.4 is 5.32 Å². The van der Waals surface area contributed by atoms with Crippen LogP contribution in [0.5, 0.6) is 0 Å². The molecule has 33 heavy (non-hydrogen) atoms. The van der Waals surface area contributed by atoms with Crippen molar-refractivity contribution in [3.05, 3.63) is 78.6 Å². The predicted octanol–water partition coefficient (Wildman–Crippen LogP) is 4.16. The fraction of sp³-hybridized carbons (Fsp3) is 0.167. The van der Waals surface area contributed by atoms with Gasteiger partial charge in [-0.1, -0.05) is 24.3 Å². The normalized spacial score (nSPS) is 16.8. The molecular formula is C24H21FN4O3S. The number of imidazole rings is 1. The molecule has 5 rings (SSSR count). The molecule has 0 spiro atoms. The van der Waals surface area contributed by atoms with Gasteiger partial charge in [0.05, 0.1) is 15.9 Å². The number of sulfonamides is 1. The Morgan fingerprint density at radius 1 is 1.06 bits per heavy atom. The Balaban J connectivity index is 1.37. The van der Waals surface area contributed by atoms with Crippen LogP contribution >= 0.6 is 0 Å². The third kappa shape index (κ3) is 4.12. The molecule has 1 amide bonds. The van der Waals surface area contributed by atoms with Gasteiger partial charge < -0.3 is 10.3 Å². The molecule has 1 atom stereocenters. The maximum Gasteiger partial charge on any atom is 0.243 e. The lowest BCUT2D eigenvalue weighted by Gasteiger charge is -2.23. The smallest absolute Gasteiger partial charge is 0.243 e. The van der Waals surface area contributed by atoms with E-state index in [-0.39, 0.29) is 11.4 Å². The van der Waals surface area contributed by atoms with Gasteiger partial charge >= 0.3 is 0 Å². The molecule has 1 aromatic heterocycles. The van der Waals surface area contributed by atoms with Gasteiger partial charge in [-0.3, -0.25) is 4.79 Å². The number of aromatic nitrogens is 2. The van der Waals surface area contributed by atoms with Gasteiger partial charge in [-0.2, -0.15) is 4.31 Å². The van der Waals surface area contributed by atoms with Gasteiger partial charge in [0, 0.05) is 17.8 Å². The standard InChI is InChI=1S/C24H21FN4O3S/c25-17-10-12-19(13-11-17)33(31,32)29-14-4-9-22(29)24(30)26-18-6-3-5-16(15-18)23-27-20-7-1-2-8-21(20)28-23/h1-3,5-8,10-13,15,22H,4,9,14H2,(H,26,30)(H,27,28)/t22-/m0/s1. The lowest BCUT2D eigenvalue weighted by atomic mass is 10.1. The van der Waals surface area contributed by atoms with Crippen molar-refractivity contribution < 1.29 is 17.6 Å². The van der Waals surface area contributed by atoms with E-state index in [0.717, 1.165) is 28.7 Å². The molecule has 1 aliphatic rings. The van der Waals surface area contributed by atoms with Gasteiger partial charge in [0.25, 0.3) is 0 Å². The lowest BCUT2D eigenvalue weighted by molar-refractivity contribution is -0.119. The maximum atomic E-state index is 13.2. The summed E-state index contributed by atoms with van der Waals surface area (Å²) in [7, 11) is -3.92. The molecule has 1 fully saturated rings. The number of H-pyrrole nitrogens is 1. The number of hydrogen-bond acceptors (Lipinski definition) is 4. The molecule has 0 saturated carbocycles. The highest BCUT2D eigenvalue weighted by Crippen LogP contribution is 2.28. The van der Waals surface area contributed by atoms with E-state index in [1.165, 1.54) is 16.4 Å². The molecule has 9 heteroatoms. The molecule has 0 aliphatic carbocycles. The van der Waals surface area contributed by atoms with Crippen LogP contribution in [-0.2, 0) is 14.8 Å². The van der Waals surface area contributed by atoms with Crippen LogP contribution in [-0.4, -0.2) is 41.2 Å². The summed E-state index contributed by atoms with van der Waals surface area (Å²) in [5, 5.41) is 2.84. The number of carbonyl (C=O) groups is 1. The molecular weight excluding hydrogens is 443 g/mol. The summed E-state index contributed by atoms with van der Waals surface area (Å²) in [6.45, 7) is 0.233. The van der Waals surface area contributed by atoms with E-state index >= 15 is 0 Å². The van der Waals surface area contributed by atoms with Crippen molar-refractivity contribution in [2.45, 2.75) is 23.8 Å². The van der Waals surface area contributed by atoms with Gasteiger partial charge in [0.15, 0.2) is 0 Å². The first kappa shape index (κ1) is 21.3. The number of hydrogen-bond donors (Lipinski definition) is 2. The second kappa shape index (κ2) is 8.42. The Bertz CT molecular complexity index is 1400. The molecule has 2 heterocycles. The largest absolute Gasteiger partial charge is 0.338 e. The number of nitrogens with zero attached hydrogens (tertiary/aromatic N) is 2. The van der Waals surface area contributed by atoms with Crippen LogP contribution in [0.4, 0.5) is 10.1 Å². The van der Waals surface area contributed by atoms with Crippen molar-refractivity contribution >= 4 is 32.7 Å². The van der Waals surface area contributed by atoms with Crippen molar-refractivity contribution in [1.82, 2.24) is 14.3 Å². The van der Waals surface area contributed by atoms with E-state index < -0.39 is 27.8 Å². The third-order valence-electron chi connectivity index (χ3n) is 5.72. The Kier molecular flexibility index (Phi) is 5.43. The van der Waals surface area contributed by atoms with E-state index in [1.807, 2.05) is 30.3 Å². The number of benzene rings is 3. The number of halogens is 1. The zero-order chi connectivity index (χ0) is 23.0. The number of anilines is 1. The van der Waals surface area contributed by atoms with Crippen molar-refractivity contribution in [2.24, 2.45) is 0 Å². The molecule has 0 unspecified atom stereocenters. The first-order valence-corrected chi connectivity index (χ1v) is 12.0. The fourth-order valence-corrected chi connectivity index (χ4v) is 5.75. The molecule has 1 aliphatic heterocycles. The summed E-state index contributed by atoms with van der Waals surface area (Å²) >= 11 is 0. The zero-order valence-electron chi connectivity index (χ0n) is 17.5. The summed E-state index contributed by atoms with van der Waals surface area (Å²) < 4.78 is 40.5. The minimum Gasteiger partial charge on any atom is -0.338 e. The van der Waals surface area contributed by atoms with Crippen molar-refractivity contribution in [1.29, 1.82) is 0 Å².